The van der Waals surface area contributed by atoms with E-state index in [0.29, 0.717) is 25.5 Å². The number of likely N-dealkylation sites (tertiary alicyclic amines) is 1. The van der Waals surface area contributed by atoms with Crippen molar-refractivity contribution < 1.29 is 18.8 Å². The van der Waals surface area contributed by atoms with E-state index in [2.05, 4.69) is 16.6 Å². The maximum absolute atomic E-state index is 12.6. The molecular formula is C19H23N3O4S. The zero-order chi connectivity index (χ0) is 19.0. The first-order valence-electron chi connectivity index (χ1n) is 9.11. The van der Waals surface area contributed by atoms with E-state index in [1.165, 1.54) is 18.7 Å². The van der Waals surface area contributed by atoms with Gasteiger partial charge in [0.1, 0.15) is 0 Å². The Labute approximate surface area is 161 Å². The Morgan fingerprint density at radius 3 is 2.81 bits per heavy atom. The van der Waals surface area contributed by atoms with Crippen LogP contribution in [0.15, 0.2) is 27.4 Å². The number of aromatic nitrogens is 1. The van der Waals surface area contributed by atoms with E-state index in [0.717, 1.165) is 19.3 Å². The summed E-state index contributed by atoms with van der Waals surface area (Å²) in [6.45, 7) is 3.66. The van der Waals surface area contributed by atoms with Crippen LogP contribution in [0.5, 0.6) is 5.88 Å². The van der Waals surface area contributed by atoms with Crippen LogP contribution in [0, 0.1) is 5.41 Å². The maximum Gasteiger partial charge on any atom is 0.292 e. The first kappa shape index (κ1) is 18.0. The predicted molar refractivity (Wildman–Crippen MR) is 99.6 cm³/mol. The fraction of sp³-hybridized carbons (Fsp3) is 0.526. The van der Waals surface area contributed by atoms with E-state index in [4.69, 9.17) is 9.26 Å². The second kappa shape index (κ2) is 6.99. The number of carbonyl (C=O) groups is 2. The minimum atomic E-state index is -0.153. The summed E-state index contributed by atoms with van der Waals surface area (Å²) in [5.41, 5.74) is 1.33. The maximum atomic E-state index is 12.6. The van der Waals surface area contributed by atoms with Gasteiger partial charge < -0.3 is 19.1 Å². The lowest BCUT2D eigenvalue weighted by Crippen LogP contribution is -2.42. The van der Waals surface area contributed by atoms with Gasteiger partial charge in [-0.25, -0.2) is 0 Å². The molecule has 3 heterocycles. The van der Waals surface area contributed by atoms with Crippen molar-refractivity contribution in [3.63, 3.8) is 0 Å². The molecule has 0 bridgehead atoms. The first-order valence-corrected chi connectivity index (χ1v) is 10.0. The summed E-state index contributed by atoms with van der Waals surface area (Å²) < 4.78 is 10.0. The molecule has 1 saturated carbocycles. The molecule has 1 saturated heterocycles. The minimum absolute atomic E-state index is 0.121. The van der Waals surface area contributed by atoms with Crippen LogP contribution in [-0.4, -0.2) is 53.0 Å². The predicted octanol–water partition coefficient (Wildman–Crippen LogP) is 2.79. The van der Waals surface area contributed by atoms with Gasteiger partial charge >= 0.3 is 0 Å². The standard InChI is InChI=1S/C19H23N3O4S/c1-13(23)22(11-14-3-8-27-12-14)16-10-19(16)4-6-21(7-5-19)18(24)15-9-17(25-2)20-26-15/h3,8-9,12,16H,4-7,10-11H2,1-2H3/t16-/m1/s1. The minimum Gasteiger partial charge on any atom is -0.479 e. The average molecular weight is 389 g/mol. The van der Waals surface area contributed by atoms with Gasteiger partial charge in [-0.3, -0.25) is 9.59 Å². The number of hydrogen-bond acceptors (Lipinski definition) is 6. The van der Waals surface area contributed by atoms with Gasteiger partial charge in [0.2, 0.25) is 11.7 Å². The lowest BCUT2D eigenvalue weighted by atomic mass is 9.92. The highest BCUT2D eigenvalue weighted by molar-refractivity contribution is 7.07. The molecule has 7 nitrogen and oxygen atoms in total. The number of carbonyl (C=O) groups excluding carboxylic acids is 2. The van der Waals surface area contributed by atoms with E-state index in [1.807, 2.05) is 10.3 Å². The summed E-state index contributed by atoms with van der Waals surface area (Å²) in [6, 6.07) is 3.87. The highest BCUT2D eigenvalue weighted by atomic mass is 32.1. The van der Waals surface area contributed by atoms with Crippen LogP contribution in [0.25, 0.3) is 0 Å². The molecule has 2 fully saturated rings. The van der Waals surface area contributed by atoms with Gasteiger partial charge in [0, 0.05) is 32.6 Å². The molecule has 1 atom stereocenters. The Kier molecular flexibility index (Phi) is 4.67. The number of amides is 2. The molecule has 2 aliphatic rings. The number of methoxy groups -OCH3 is 1. The van der Waals surface area contributed by atoms with Crippen LogP contribution in [0.2, 0.25) is 0 Å². The normalized spacial score (nSPS) is 20.5. The molecule has 1 aliphatic heterocycles. The quantitative estimate of drug-likeness (QED) is 0.786. The molecule has 27 heavy (non-hydrogen) atoms. The smallest absolute Gasteiger partial charge is 0.292 e. The van der Waals surface area contributed by atoms with Crippen LogP contribution in [0.1, 0.15) is 42.3 Å². The van der Waals surface area contributed by atoms with Crippen molar-refractivity contribution >= 4 is 23.2 Å². The van der Waals surface area contributed by atoms with Crippen LogP contribution < -0.4 is 4.74 Å². The molecule has 0 N–H and O–H groups in total. The van der Waals surface area contributed by atoms with Crippen molar-refractivity contribution in [1.82, 2.24) is 15.0 Å². The molecular weight excluding hydrogens is 366 g/mol. The highest BCUT2D eigenvalue weighted by Crippen LogP contribution is 2.57. The lowest BCUT2D eigenvalue weighted by molar-refractivity contribution is -0.130. The van der Waals surface area contributed by atoms with Gasteiger partial charge in [0.15, 0.2) is 0 Å². The van der Waals surface area contributed by atoms with Crippen molar-refractivity contribution in [2.75, 3.05) is 20.2 Å². The van der Waals surface area contributed by atoms with Gasteiger partial charge in [-0.15, -0.1) is 0 Å². The second-order valence-electron chi connectivity index (χ2n) is 7.39. The van der Waals surface area contributed by atoms with E-state index in [1.54, 1.807) is 23.2 Å². The first-order chi connectivity index (χ1) is 13.0. The number of piperidine rings is 1. The summed E-state index contributed by atoms with van der Waals surface area (Å²) in [5.74, 6) is 0.479. The van der Waals surface area contributed by atoms with Crippen molar-refractivity contribution in [1.29, 1.82) is 0 Å². The van der Waals surface area contributed by atoms with Gasteiger partial charge in [0.25, 0.3) is 11.8 Å². The fourth-order valence-corrected chi connectivity index (χ4v) is 4.75. The molecule has 2 amide bonds. The number of nitrogens with zero attached hydrogens (tertiary/aromatic N) is 3. The summed E-state index contributed by atoms with van der Waals surface area (Å²) in [6.07, 6.45) is 2.83. The van der Waals surface area contributed by atoms with Crippen molar-refractivity contribution in [3.8, 4) is 5.88 Å². The Morgan fingerprint density at radius 2 is 2.22 bits per heavy atom. The number of rotatable bonds is 5. The zero-order valence-electron chi connectivity index (χ0n) is 15.5. The summed E-state index contributed by atoms with van der Waals surface area (Å²) in [4.78, 5) is 28.6. The fourth-order valence-electron chi connectivity index (χ4n) is 4.09. The molecule has 2 aromatic heterocycles. The molecule has 2 aromatic rings. The van der Waals surface area contributed by atoms with E-state index < -0.39 is 0 Å². The van der Waals surface area contributed by atoms with E-state index in [9.17, 15) is 9.59 Å². The van der Waals surface area contributed by atoms with Crippen LogP contribution >= 0.6 is 11.3 Å². The molecule has 0 radical (unpaired) electrons. The largest absolute Gasteiger partial charge is 0.479 e. The lowest BCUT2D eigenvalue weighted by Gasteiger charge is -2.34. The SMILES string of the molecule is COc1cc(C(=O)N2CCC3(CC2)C[C@H]3N(Cc2ccsc2)C(C)=O)on1. The van der Waals surface area contributed by atoms with Gasteiger partial charge in [-0.1, -0.05) is 0 Å². The van der Waals surface area contributed by atoms with E-state index >= 15 is 0 Å². The third-order valence-corrected chi connectivity index (χ3v) is 6.55. The molecule has 0 aromatic carbocycles. The number of thiophene rings is 1. The Bertz CT molecular complexity index is 824. The molecule has 1 aliphatic carbocycles. The monoisotopic (exact) mass is 389 g/mol. The van der Waals surface area contributed by atoms with Gasteiger partial charge in [-0.05, 0) is 52.2 Å². The third kappa shape index (κ3) is 3.45. The topological polar surface area (TPSA) is 75.9 Å². The van der Waals surface area contributed by atoms with Crippen LogP contribution in [0.3, 0.4) is 0 Å². The zero-order valence-corrected chi connectivity index (χ0v) is 16.3. The molecule has 0 unspecified atom stereocenters. The molecule has 8 heteroatoms. The highest BCUT2D eigenvalue weighted by Gasteiger charge is 2.58. The Hall–Kier alpha value is -2.35. The molecule has 4 rings (SSSR count). The summed E-state index contributed by atoms with van der Waals surface area (Å²) in [7, 11) is 1.49. The Balaban J connectivity index is 1.37. The van der Waals surface area contributed by atoms with Gasteiger partial charge in [-0.2, -0.15) is 11.3 Å². The second-order valence-corrected chi connectivity index (χ2v) is 8.17. The third-order valence-electron chi connectivity index (χ3n) is 5.82. The number of ether oxygens (including phenoxy) is 1. The van der Waals surface area contributed by atoms with E-state index in [-0.39, 0.29) is 29.0 Å². The van der Waals surface area contributed by atoms with Crippen molar-refractivity contribution in [3.05, 3.63) is 34.2 Å². The summed E-state index contributed by atoms with van der Waals surface area (Å²) >= 11 is 1.65. The molecule has 1 spiro atoms. The number of hydrogen-bond donors (Lipinski definition) is 0. The van der Waals surface area contributed by atoms with Crippen molar-refractivity contribution in [2.24, 2.45) is 5.41 Å². The van der Waals surface area contributed by atoms with Gasteiger partial charge in [0.05, 0.1) is 13.2 Å². The van der Waals surface area contributed by atoms with Crippen LogP contribution in [-0.2, 0) is 11.3 Å². The van der Waals surface area contributed by atoms with Crippen molar-refractivity contribution in [2.45, 2.75) is 38.8 Å². The summed E-state index contributed by atoms with van der Waals surface area (Å²) in [5, 5.41) is 7.83. The average Bonchev–Trinajstić information content (AvgIpc) is 3.08. The Morgan fingerprint density at radius 1 is 1.44 bits per heavy atom. The van der Waals surface area contributed by atoms with Crippen LogP contribution in [0.4, 0.5) is 0 Å². The molecule has 144 valence electrons.